The third kappa shape index (κ3) is 4.27. The Hall–Kier alpha value is -2.18. The Morgan fingerprint density at radius 3 is 2.68 bits per heavy atom. The number of nitrogens with one attached hydrogen (secondary N) is 1. The first-order chi connectivity index (χ1) is 12.1. The fourth-order valence-corrected chi connectivity index (χ4v) is 3.46. The zero-order chi connectivity index (χ0) is 17.8. The monoisotopic (exact) mass is 402 g/mol. The molecule has 0 bridgehead atoms. The number of fused-ring (bicyclic) bond motifs is 1. The van der Waals surface area contributed by atoms with Crippen molar-refractivity contribution >= 4 is 33.5 Å². The molecule has 0 aliphatic carbocycles. The molecule has 3 rings (SSSR count). The fraction of sp³-hybridized carbons (Fsp3) is 0.263. The number of hydrogen-bond donors (Lipinski definition) is 1. The second kappa shape index (κ2) is 7.80. The van der Waals surface area contributed by atoms with Gasteiger partial charge in [-0.15, -0.1) is 0 Å². The number of rotatable bonds is 4. The summed E-state index contributed by atoms with van der Waals surface area (Å²) in [5, 5.41) is 2.87. The van der Waals surface area contributed by atoms with E-state index in [0.717, 1.165) is 15.6 Å². The Balaban J connectivity index is 1.74. The summed E-state index contributed by atoms with van der Waals surface area (Å²) in [6.45, 7) is 0.669. The van der Waals surface area contributed by atoms with E-state index in [2.05, 4.69) is 21.2 Å². The van der Waals surface area contributed by atoms with Crippen LogP contribution in [0.4, 0.5) is 5.69 Å². The largest absolute Gasteiger partial charge is 0.468 e. The quantitative estimate of drug-likeness (QED) is 0.798. The molecule has 1 amide bonds. The van der Waals surface area contributed by atoms with Gasteiger partial charge in [0.05, 0.1) is 13.7 Å². The molecule has 0 saturated carbocycles. The highest BCUT2D eigenvalue weighted by Crippen LogP contribution is 2.24. The SMILES string of the molecule is COC(=O)[C@H]1Cc2ccccc2CN1CC(=O)Nc1cccc(Br)c1. The van der Waals surface area contributed by atoms with Crippen LogP contribution < -0.4 is 5.32 Å². The van der Waals surface area contributed by atoms with Crippen LogP contribution >= 0.6 is 15.9 Å². The summed E-state index contributed by atoms with van der Waals surface area (Å²) in [6.07, 6.45) is 0.549. The standard InChI is InChI=1S/C19H19BrN2O3/c1-25-19(24)17-9-13-5-2-3-6-14(13)11-22(17)12-18(23)21-16-8-4-7-15(20)10-16/h2-8,10,17H,9,11-12H2,1H3,(H,21,23)/t17-/m1/s1. The number of benzene rings is 2. The molecule has 2 aromatic carbocycles. The Bertz CT molecular complexity index is 794. The molecule has 1 N–H and O–H groups in total. The van der Waals surface area contributed by atoms with Crippen LogP contribution in [0, 0.1) is 0 Å². The number of esters is 1. The summed E-state index contributed by atoms with van der Waals surface area (Å²) in [5.41, 5.74) is 2.98. The number of carbonyl (C=O) groups excluding carboxylic acids is 2. The van der Waals surface area contributed by atoms with Gasteiger partial charge in [-0.05, 0) is 35.7 Å². The molecule has 2 aromatic rings. The van der Waals surface area contributed by atoms with Crippen LogP contribution in [0.5, 0.6) is 0 Å². The van der Waals surface area contributed by atoms with E-state index in [0.29, 0.717) is 18.7 Å². The lowest BCUT2D eigenvalue weighted by molar-refractivity contribution is -0.148. The highest BCUT2D eigenvalue weighted by Gasteiger charge is 2.33. The molecular formula is C19H19BrN2O3. The zero-order valence-corrected chi connectivity index (χ0v) is 15.5. The number of carbonyl (C=O) groups is 2. The molecule has 130 valence electrons. The van der Waals surface area contributed by atoms with E-state index in [1.807, 2.05) is 53.4 Å². The Labute approximate surface area is 155 Å². The molecule has 5 nitrogen and oxygen atoms in total. The summed E-state index contributed by atoms with van der Waals surface area (Å²) in [6, 6.07) is 14.9. The summed E-state index contributed by atoms with van der Waals surface area (Å²) in [4.78, 5) is 26.5. The van der Waals surface area contributed by atoms with Crippen molar-refractivity contribution in [1.29, 1.82) is 0 Å². The Morgan fingerprint density at radius 2 is 1.96 bits per heavy atom. The van der Waals surface area contributed by atoms with Crippen molar-refractivity contribution in [2.75, 3.05) is 19.0 Å². The summed E-state index contributed by atoms with van der Waals surface area (Å²) < 4.78 is 5.83. The first-order valence-corrected chi connectivity index (χ1v) is 8.80. The van der Waals surface area contributed by atoms with Crippen molar-refractivity contribution in [2.45, 2.75) is 19.0 Å². The van der Waals surface area contributed by atoms with Gasteiger partial charge in [0, 0.05) is 16.7 Å². The second-order valence-corrected chi connectivity index (χ2v) is 6.89. The average Bonchev–Trinajstić information content (AvgIpc) is 2.60. The van der Waals surface area contributed by atoms with E-state index in [1.165, 1.54) is 7.11 Å². The van der Waals surface area contributed by atoms with Gasteiger partial charge in [-0.25, -0.2) is 0 Å². The number of amides is 1. The smallest absolute Gasteiger partial charge is 0.323 e. The summed E-state index contributed by atoms with van der Waals surface area (Å²) in [7, 11) is 1.38. The number of ether oxygens (including phenoxy) is 1. The van der Waals surface area contributed by atoms with E-state index < -0.39 is 6.04 Å². The Kier molecular flexibility index (Phi) is 5.50. The highest BCUT2D eigenvalue weighted by molar-refractivity contribution is 9.10. The second-order valence-electron chi connectivity index (χ2n) is 5.98. The van der Waals surface area contributed by atoms with Crippen molar-refractivity contribution in [3.63, 3.8) is 0 Å². The van der Waals surface area contributed by atoms with E-state index in [-0.39, 0.29) is 18.4 Å². The predicted octanol–water partition coefficient (Wildman–Crippen LogP) is 2.99. The van der Waals surface area contributed by atoms with Crippen LogP contribution in [0.2, 0.25) is 0 Å². The lowest BCUT2D eigenvalue weighted by Gasteiger charge is -2.34. The highest BCUT2D eigenvalue weighted by atomic mass is 79.9. The van der Waals surface area contributed by atoms with Gasteiger partial charge in [0.2, 0.25) is 5.91 Å². The van der Waals surface area contributed by atoms with Gasteiger partial charge in [0.1, 0.15) is 6.04 Å². The molecule has 1 heterocycles. The van der Waals surface area contributed by atoms with Crippen molar-refractivity contribution in [1.82, 2.24) is 4.90 Å². The lowest BCUT2D eigenvalue weighted by atomic mass is 9.94. The molecule has 1 aliphatic rings. The number of methoxy groups -OCH3 is 1. The minimum atomic E-state index is -0.451. The molecule has 0 fully saturated rings. The molecule has 0 radical (unpaired) electrons. The third-order valence-electron chi connectivity index (χ3n) is 4.27. The van der Waals surface area contributed by atoms with E-state index in [1.54, 1.807) is 0 Å². The van der Waals surface area contributed by atoms with Crippen LogP contribution in [-0.2, 0) is 27.3 Å². The number of halogens is 1. The number of anilines is 1. The van der Waals surface area contributed by atoms with Gasteiger partial charge in [0.25, 0.3) is 0 Å². The van der Waals surface area contributed by atoms with Crippen molar-refractivity contribution in [2.24, 2.45) is 0 Å². The Morgan fingerprint density at radius 1 is 1.20 bits per heavy atom. The molecule has 0 aromatic heterocycles. The molecule has 1 aliphatic heterocycles. The first-order valence-electron chi connectivity index (χ1n) is 8.01. The lowest BCUT2D eigenvalue weighted by Crippen LogP contribution is -2.49. The van der Waals surface area contributed by atoms with E-state index in [4.69, 9.17) is 4.74 Å². The van der Waals surface area contributed by atoms with Gasteiger partial charge >= 0.3 is 5.97 Å². The van der Waals surface area contributed by atoms with Crippen LogP contribution in [0.3, 0.4) is 0 Å². The van der Waals surface area contributed by atoms with Crippen LogP contribution in [0.1, 0.15) is 11.1 Å². The molecule has 0 spiro atoms. The maximum atomic E-state index is 12.4. The molecule has 6 heteroatoms. The maximum absolute atomic E-state index is 12.4. The molecule has 0 saturated heterocycles. The van der Waals surface area contributed by atoms with Crippen molar-refractivity contribution in [3.8, 4) is 0 Å². The minimum Gasteiger partial charge on any atom is -0.468 e. The van der Waals surface area contributed by atoms with Crippen LogP contribution in [0.15, 0.2) is 53.0 Å². The average molecular weight is 403 g/mol. The number of hydrogen-bond acceptors (Lipinski definition) is 4. The van der Waals surface area contributed by atoms with Gasteiger partial charge in [-0.1, -0.05) is 46.3 Å². The molecule has 25 heavy (non-hydrogen) atoms. The van der Waals surface area contributed by atoms with Crippen molar-refractivity contribution < 1.29 is 14.3 Å². The van der Waals surface area contributed by atoms with Gasteiger partial charge in [0.15, 0.2) is 0 Å². The normalized spacial score (nSPS) is 16.8. The van der Waals surface area contributed by atoms with Crippen LogP contribution in [0.25, 0.3) is 0 Å². The third-order valence-corrected chi connectivity index (χ3v) is 4.77. The fourth-order valence-electron chi connectivity index (χ4n) is 3.06. The predicted molar refractivity (Wildman–Crippen MR) is 99.1 cm³/mol. The first kappa shape index (κ1) is 17.6. The zero-order valence-electron chi connectivity index (χ0n) is 13.9. The number of nitrogens with zero attached hydrogens (tertiary/aromatic N) is 1. The van der Waals surface area contributed by atoms with Gasteiger partial charge in [-0.3, -0.25) is 14.5 Å². The van der Waals surface area contributed by atoms with Gasteiger partial charge in [-0.2, -0.15) is 0 Å². The topological polar surface area (TPSA) is 58.6 Å². The van der Waals surface area contributed by atoms with Crippen molar-refractivity contribution in [3.05, 3.63) is 64.1 Å². The molecular weight excluding hydrogens is 384 g/mol. The molecule has 1 atom stereocenters. The minimum absolute atomic E-state index is 0.126. The van der Waals surface area contributed by atoms with E-state index >= 15 is 0 Å². The summed E-state index contributed by atoms with van der Waals surface area (Å²) in [5.74, 6) is -0.476. The summed E-state index contributed by atoms with van der Waals surface area (Å²) >= 11 is 3.38. The van der Waals surface area contributed by atoms with Gasteiger partial charge < -0.3 is 10.1 Å². The maximum Gasteiger partial charge on any atom is 0.323 e. The van der Waals surface area contributed by atoms with E-state index in [9.17, 15) is 9.59 Å². The van der Waals surface area contributed by atoms with Crippen LogP contribution in [-0.4, -0.2) is 36.5 Å². The molecule has 0 unspecified atom stereocenters.